The van der Waals surface area contributed by atoms with Crippen LogP contribution in [0, 0.1) is 5.82 Å². The van der Waals surface area contributed by atoms with Gasteiger partial charge in [-0.1, -0.05) is 90.6 Å². The minimum Gasteiger partial charge on any atom is -0.354 e. The Hall–Kier alpha value is -2.25. The molecule has 3 aromatic rings. The van der Waals surface area contributed by atoms with E-state index in [2.05, 4.69) is 5.32 Å². The molecule has 0 bridgehead atoms. The van der Waals surface area contributed by atoms with Gasteiger partial charge in [-0.3, -0.25) is 9.59 Å². The van der Waals surface area contributed by atoms with Crippen molar-refractivity contribution in [1.82, 2.24) is 10.2 Å². The van der Waals surface area contributed by atoms with Crippen LogP contribution in [0.1, 0.15) is 36.5 Å². The van der Waals surface area contributed by atoms with Crippen LogP contribution in [0.3, 0.4) is 0 Å². The molecule has 1 N–H and O–H groups in total. The lowest BCUT2D eigenvalue weighted by Gasteiger charge is -2.31. The van der Waals surface area contributed by atoms with Crippen LogP contribution >= 0.6 is 46.6 Å². The van der Waals surface area contributed by atoms with E-state index in [4.69, 9.17) is 34.8 Å². The van der Waals surface area contributed by atoms with Gasteiger partial charge in [0.25, 0.3) is 0 Å². The Morgan fingerprint density at radius 2 is 1.71 bits per heavy atom. The number of carbonyl (C=O) groups is 2. The van der Waals surface area contributed by atoms with E-state index in [0.717, 1.165) is 24.0 Å². The lowest BCUT2D eigenvalue weighted by Crippen LogP contribution is -2.51. The molecule has 3 rings (SSSR count). The number of nitrogens with zero attached hydrogens (tertiary/aromatic N) is 1. The first-order valence-corrected chi connectivity index (χ1v) is 14.6. The monoisotopic (exact) mass is 594 g/mol. The van der Waals surface area contributed by atoms with E-state index in [9.17, 15) is 14.0 Å². The van der Waals surface area contributed by atoms with E-state index in [0.29, 0.717) is 33.6 Å². The Balaban J connectivity index is 1.87. The highest BCUT2D eigenvalue weighted by Crippen LogP contribution is 2.26. The molecule has 0 radical (unpaired) electrons. The molecule has 0 aliphatic heterocycles. The fourth-order valence-electron chi connectivity index (χ4n) is 3.89. The molecule has 0 unspecified atom stereocenters. The van der Waals surface area contributed by atoms with Crippen LogP contribution < -0.4 is 5.32 Å². The Morgan fingerprint density at radius 1 is 0.947 bits per heavy atom. The third kappa shape index (κ3) is 8.91. The first-order valence-electron chi connectivity index (χ1n) is 12.4. The Bertz CT molecular complexity index is 1210. The van der Waals surface area contributed by atoms with E-state index in [1.54, 1.807) is 35.2 Å². The van der Waals surface area contributed by atoms with Gasteiger partial charge in [0.1, 0.15) is 11.9 Å². The summed E-state index contributed by atoms with van der Waals surface area (Å²) in [6.45, 7) is 2.73. The van der Waals surface area contributed by atoms with Gasteiger partial charge in [-0.25, -0.2) is 4.39 Å². The van der Waals surface area contributed by atoms with Crippen LogP contribution in [-0.2, 0) is 28.3 Å². The van der Waals surface area contributed by atoms with Gasteiger partial charge in [0.05, 0.1) is 15.8 Å². The Labute approximate surface area is 242 Å². The van der Waals surface area contributed by atoms with E-state index >= 15 is 0 Å². The predicted molar refractivity (Wildman–Crippen MR) is 156 cm³/mol. The van der Waals surface area contributed by atoms with Crippen LogP contribution in [0.2, 0.25) is 15.1 Å². The van der Waals surface area contributed by atoms with Crippen molar-refractivity contribution < 1.29 is 14.0 Å². The molecule has 0 spiro atoms. The number of unbranched alkanes of at least 4 members (excludes halogenated alkanes) is 1. The van der Waals surface area contributed by atoms with Crippen molar-refractivity contribution >= 4 is 58.4 Å². The Kier molecular flexibility index (Phi) is 12.3. The highest BCUT2D eigenvalue weighted by atomic mass is 35.5. The van der Waals surface area contributed by atoms with Crippen LogP contribution in [0.25, 0.3) is 0 Å². The molecule has 1 atom stereocenters. The number of thioether (sulfide) groups is 1. The van der Waals surface area contributed by atoms with Crippen molar-refractivity contribution in [2.75, 3.05) is 12.3 Å². The molecule has 9 heteroatoms. The summed E-state index contributed by atoms with van der Waals surface area (Å²) in [5.41, 5.74) is 2.02. The number of carbonyl (C=O) groups excluding carboxylic acids is 2. The molecule has 2 amide bonds. The van der Waals surface area contributed by atoms with Crippen LogP contribution in [0.15, 0.2) is 66.7 Å². The third-order valence-corrected chi connectivity index (χ3v) is 8.01. The average molecular weight is 596 g/mol. The second-order valence-electron chi connectivity index (χ2n) is 8.81. The minimum absolute atomic E-state index is 0.0412. The van der Waals surface area contributed by atoms with Gasteiger partial charge in [-0.05, 0) is 41.8 Å². The molecule has 0 heterocycles. The van der Waals surface area contributed by atoms with Crippen molar-refractivity contribution in [2.45, 2.75) is 44.5 Å². The van der Waals surface area contributed by atoms with Gasteiger partial charge in [-0.15, -0.1) is 11.8 Å². The van der Waals surface area contributed by atoms with Gasteiger partial charge in [0.2, 0.25) is 11.8 Å². The molecule has 0 aliphatic rings. The van der Waals surface area contributed by atoms with Crippen LogP contribution in [0.5, 0.6) is 0 Å². The topological polar surface area (TPSA) is 49.4 Å². The highest BCUT2D eigenvalue weighted by molar-refractivity contribution is 7.99. The van der Waals surface area contributed by atoms with Gasteiger partial charge >= 0.3 is 0 Å². The molecular formula is C29H30Cl3FN2O2S. The summed E-state index contributed by atoms with van der Waals surface area (Å²) >= 11 is 19.8. The molecule has 0 saturated heterocycles. The summed E-state index contributed by atoms with van der Waals surface area (Å²) in [4.78, 5) is 28.7. The van der Waals surface area contributed by atoms with Gasteiger partial charge in [-0.2, -0.15) is 0 Å². The quantitative estimate of drug-likeness (QED) is 0.207. The molecule has 0 aromatic heterocycles. The van der Waals surface area contributed by atoms with Gasteiger partial charge < -0.3 is 10.2 Å². The number of hydrogen-bond acceptors (Lipinski definition) is 3. The lowest BCUT2D eigenvalue weighted by molar-refractivity contribution is -0.139. The molecule has 3 aromatic carbocycles. The summed E-state index contributed by atoms with van der Waals surface area (Å²) < 4.78 is 14.2. The standard InChI is InChI=1S/C29H30Cl3FN2O2S/c1-2-3-14-34-29(37)27(16-20-8-5-4-6-9-20)35(17-21-12-13-24(31)25(32)15-21)28(36)19-38-18-22-23(30)10-7-11-26(22)33/h4-13,15,27H,2-3,14,16-19H2,1H3,(H,34,37)/t27-/m0/s1. The minimum atomic E-state index is -0.756. The summed E-state index contributed by atoms with van der Waals surface area (Å²) in [6.07, 6.45) is 2.12. The zero-order chi connectivity index (χ0) is 27.5. The normalized spacial score (nSPS) is 11.7. The molecule has 0 fully saturated rings. The second-order valence-corrected chi connectivity index (χ2v) is 11.0. The summed E-state index contributed by atoms with van der Waals surface area (Å²) in [5, 5.41) is 4.08. The molecular weight excluding hydrogens is 566 g/mol. The number of hydrogen-bond donors (Lipinski definition) is 1. The van der Waals surface area contributed by atoms with Gasteiger partial charge in [0, 0.05) is 35.8 Å². The lowest BCUT2D eigenvalue weighted by atomic mass is 10.0. The first kappa shape index (κ1) is 30.3. The molecule has 38 heavy (non-hydrogen) atoms. The molecule has 4 nitrogen and oxygen atoms in total. The fraction of sp³-hybridized carbons (Fsp3) is 0.310. The number of benzene rings is 3. The maximum atomic E-state index is 14.2. The van der Waals surface area contributed by atoms with E-state index in [1.807, 2.05) is 37.3 Å². The number of nitrogens with one attached hydrogen (secondary N) is 1. The maximum Gasteiger partial charge on any atom is 0.243 e. The van der Waals surface area contributed by atoms with Crippen LogP contribution in [0.4, 0.5) is 4.39 Å². The summed E-state index contributed by atoms with van der Waals surface area (Å²) in [5.74, 6) is -0.621. The SMILES string of the molecule is CCCCNC(=O)[C@H](Cc1ccccc1)N(Cc1ccc(Cl)c(Cl)c1)C(=O)CSCc1c(F)cccc1Cl. The van der Waals surface area contributed by atoms with Crippen LogP contribution in [-0.4, -0.2) is 35.1 Å². The van der Waals surface area contributed by atoms with Crippen molar-refractivity contribution in [1.29, 1.82) is 0 Å². The number of halogens is 4. The second kappa shape index (κ2) is 15.4. The maximum absolute atomic E-state index is 14.2. The molecule has 0 aliphatic carbocycles. The highest BCUT2D eigenvalue weighted by Gasteiger charge is 2.30. The molecule has 202 valence electrons. The average Bonchev–Trinajstić information content (AvgIpc) is 2.90. The fourth-order valence-corrected chi connectivity index (χ4v) is 5.46. The van der Waals surface area contributed by atoms with Gasteiger partial charge in [0.15, 0.2) is 0 Å². The van der Waals surface area contributed by atoms with E-state index in [1.165, 1.54) is 17.8 Å². The number of amides is 2. The molecule has 0 saturated carbocycles. The number of rotatable bonds is 13. The zero-order valence-electron chi connectivity index (χ0n) is 21.1. The predicted octanol–water partition coefficient (Wildman–Crippen LogP) is 7.58. The summed E-state index contributed by atoms with van der Waals surface area (Å²) in [7, 11) is 0. The smallest absolute Gasteiger partial charge is 0.243 e. The Morgan fingerprint density at radius 3 is 2.39 bits per heavy atom. The first-order chi connectivity index (χ1) is 18.3. The van der Waals surface area contributed by atoms with Crippen molar-refractivity contribution in [2.24, 2.45) is 0 Å². The third-order valence-electron chi connectivity index (χ3n) is 5.97. The summed E-state index contributed by atoms with van der Waals surface area (Å²) in [6, 6.07) is 18.5. The zero-order valence-corrected chi connectivity index (χ0v) is 24.1. The van der Waals surface area contributed by atoms with E-state index < -0.39 is 11.9 Å². The van der Waals surface area contributed by atoms with E-state index in [-0.39, 0.29) is 29.9 Å². The van der Waals surface area contributed by atoms with Crippen molar-refractivity contribution in [3.63, 3.8) is 0 Å². The van der Waals surface area contributed by atoms with Crippen molar-refractivity contribution in [3.8, 4) is 0 Å². The van der Waals surface area contributed by atoms with Crippen molar-refractivity contribution in [3.05, 3.63) is 104 Å². The largest absolute Gasteiger partial charge is 0.354 e.